The molecule has 0 bridgehead atoms. The van der Waals surface area contributed by atoms with Crippen molar-refractivity contribution < 1.29 is 9.53 Å². The van der Waals surface area contributed by atoms with Crippen LogP contribution in [-0.4, -0.2) is 30.7 Å². The second kappa shape index (κ2) is 4.72. The SMILES string of the molecule is CC(NC(=O)C1(N)CCC1)C1CCOCC1. The number of carbonyl (C=O) groups excluding carboxylic acids is 1. The third-order valence-corrected chi connectivity index (χ3v) is 4.03. The van der Waals surface area contributed by atoms with Gasteiger partial charge in [-0.2, -0.15) is 0 Å². The Kier molecular flexibility index (Phi) is 3.50. The number of nitrogens with two attached hydrogens (primary N) is 1. The number of rotatable bonds is 3. The van der Waals surface area contributed by atoms with Crippen LogP contribution in [0.25, 0.3) is 0 Å². The van der Waals surface area contributed by atoms with Crippen LogP contribution in [0.5, 0.6) is 0 Å². The molecule has 4 heteroatoms. The molecule has 2 aliphatic rings. The predicted octanol–water partition coefficient (Wildman–Crippen LogP) is 0.799. The first kappa shape index (κ1) is 11.9. The molecule has 0 spiro atoms. The second-order valence-corrected chi connectivity index (χ2v) is 5.22. The Labute approximate surface area is 96.9 Å². The molecular formula is C12H22N2O2. The van der Waals surface area contributed by atoms with E-state index in [-0.39, 0.29) is 11.9 Å². The summed E-state index contributed by atoms with van der Waals surface area (Å²) in [5.74, 6) is 0.583. The van der Waals surface area contributed by atoms with Crippen LogP contribution in [0.1, 0.15) is 39.0 Å². The van der Waals surface area contributed by atoms with Gasteiger partial charge in [0, 0.05) is 19.3 Å². The third-order valence-electron chi connectivity index (χ3n) is 4.03. The molecule has 1 amide bonds. The zero-order chi connectivity index (χ0) is 11.6. The van der Waals surface area contributed by atoms with E-state index in [4.69, 9.17) is 10.5 Å². The van der Waals surface area contributed by atoms with Gasteiger partial charge >= 0.3 is 0 Å². The minimum atomic E-state index is -0.570. The van der Waals surface area contributed by atoms with Gasteiger partial charge < -0.3 is 15.8 Å². The summed E-state index contributed by atoms with van der Waals surface area (Å²) in [6.07, 6.45) is 4.83. The highest BCUT2D eigenvalue weighted by molar-refractivity contribution is 5.87. The summed E-state index contributed by atoms with van der Waals surface area (Å²) in [5, 5.41) is 3.07. The average Bonchev–Trinajstić information content (AvgIpc) is 2.27. The van der Waals surface area contributed by atoms with Crippen molar-refractivity contribution in [2.45, 2.75) is 50.6 Å². The van der Waals surface area contributed by atoms with Crippen molar-refractivity contribution in [3.05, 3.63) is 0 Å². The molecule has 1 heterocycles. The molecule has 2 rings (SSSR count). The van der Waals surface area contributed by atoms with E-state index in [0.717, 1.165) is 45.3 Å². The molecule has 1 saturated carbocycles. The van der Waals surface area contributed by atoms with E-state index in [2.05, 4.69) is 12.2 Å². The van der Waals surface area contributed by atoms with Gasteiger partial charge in [0.05, 0.1) is 5.54 Å². The molecule has 0 aromatic rings. The molecule has 0 radical (unpaired) electrons. The topological polar surface area (TPSA) is 64.4 Å². The molecule has 92 valence electrons. The summed E-state index contributed by atoms with van der Waals surface area (Å²) in [7, 11) is 0. The van der Waals surface area contributed by atoms with Crippen LogP contribution >= 0.6 is 0 Å². The molecule has 1 aliphatic heterocycles. The first-order valence-electron chi connectivity index (χ1n) is 6.29. The van der Waals surface area contributed by atoms with E-state index < -0.39 is 5.54 Å². The first-order chi connectivity index (χ1) is 7.62. The van der Waals surface area contributed by atoms with Crippen LogP contribution in [0.3, 0.4) is 0 Å². The van der Waals surface area contributed by atoms with Gasteiger partial charge in [-0.25, -0.2) is 0 Å². The van der Waals surface area contributed by atoms with E-state index in [0.29, 0.717) is 5.92 Å². The van der Waals surface area contributed by atoms with Crippen molar-refractivity contribution in [3.8, 4) is 0 Å². The Bertz CT molecular complexity index is 258. The van der Waals surface area contributed by atoms with E-state index in [1.54, 1.807) is 0 Å². The molecule has 0 aromatic heterocycles. The van der Waals surface area contributed by atoms with E-state index >= 15 is 0 Å². The van der Waals surface area contributed by atoms with Crippen molar-refractivity contribution in [2.75, 3.05) is 13.2 Å². The lowest BCUT2D eigenvalue weighted by Gasteiger charge is -2.38. The standard InChI is InChI=1S/C12H22N2O2/c1-9(10-3-7-16-8-4-10)14-11(15)12(13)5-2-6-12/h9-10H,2-8,13H2,1H3,(H,14,15). The zero-order valence-corrected chi connectivity index (χ0v) is 10.00. The van der Waals surface area contributed by atoms with Crippen LogP contribution in [0.2, 0.25) is 0 Å². The van der Waals surface area contributed by atoms with Crippen molar-refractivity contribution in [2.24, 2.45) is 11.7 Å². The van der Waals surface area contributed by atoms with Crippen LogP contribution in [0, 0.1) is 5.92 Å². The Morgan fingerprint density at radius 3 is 2.56 bits per heavy atom. The van der Waals surface area contributed by atoms with Crippen molar-refractivity contribution >= 4 is 5.91 Å². The zero-order valence-electron chi connectivity index (χ0n) is 10.00. The highest BCUT2D eigenvalue weighted by atomic mass is 16.5. The molecule has 2 fully saturated rings. The summed E-state index contributed by atoms with van der Waals surface area (Å²) < 4.78 is 5.32. The lowest BCUT2D eigenvalue weighted by molar-refractivity contribution is -0.130. The minimum Gasteiger partial charge on any atom is -0.381 e. The summed E-state index contributed by atoms with van der Waals surface area (Å²) in [5.41, 5.74) is 5.42. The molecule has 4 nitrogen and oxygen atoms in total. The van der Waals surface area contributed by atoms with Gasteiger partial charge in [0.25, 0.3) is 0 Å². The van der Waals surface area contributed by atoms with E-state index in [1.807, 2.05) is 0 Å². The highest BCUT2D eigenvalue weighted by Crippen LogP contribution is 2.29. The Hall–Kier alpha value is -0.610. The van der Waals surface area contributed by atoms with Gasteiger partial charge in [-0.15, -0.1) is 0 Å². The lowest BCUT2D eigenvalue weighted by Crippen LogP contribution is -2.60. The van der Waals surface area contributed by atoms with Gasteiger partial charge in [0.1, 0.15) is 0 Å². The van der Waals surface area contributed by atoms with Gasteiger partial charge in [-0.05, 0) is 44.9 Å². The van der Waals surface area contributed by atoms with Crippen molar-refractivity contribution in [1.29, 1.82) is 0 Å². The molecule has 1 aliphatic carbocycles. The van der Waals surface area contributed by atoms with Crippen LogP contribution in [0.15, 0.2) is 0 Å². The van der Waals surface area contributed by atoms with Gasteiger partial charge in [0.15, 0.2) is 0 Å². The highest BCUT2D eigenvalue weighted by Gasteiger charge is 2.41. The Morgan fingerprint density at radius 2 is 2.06 bits per heavy atom. The second-order valence-electron chi connectivity index (χ2n) is 5.22. The van der Waals surface area contributed by atoms with Gasteiger partial charge in [-0.3, -0.25) is 4.79 Å². The van der Waals surface area contributed by atoms with Crippen LogP contribution in [-0.2, 0) is 9.53 Å². The number of amides is 1. The largest absolute Gasteiger partial charge is 0.381 e. The fourth-order valence-electron chi connectivity index (χ4n) is 2.47. The lowest BCUT2D eigenvalue weighted by atomic mass is 9.76. The number of hydrogen-bond acceptors (Lipinski definition) is 3. The number of nitrogens with one attached hydrogen (secondary N) is 1. The summed E-state index contributed by atoms with van der Waals surface area (Å²) >= 11 is 0. The monoisotopic (exact) mass is 226 g/mol. The third kappa shape index (κ3) is 2.38. The average molecular weight is 226 g/mol. The Morgan fingerprint density at radius 1 is 1.44 bits per heavy atom. The van der Waals surface area contributed by atoms with Gasteiger partial charge in [0.2, 0.25) is 5.91 Å². The minimum absolute atomic E-state index is 0.0396. The van der Waals surface area contributed by atoms with Gasteiger partial charge in [-0.1, -0.05) is 0 Å². The van der Waals surface area contributed by atoms with E-state index in [9.17, 15) is 4.79 Å². The molecule has 1 unspecified atom stereocenters. The number of hydrogen-bond donors (Lipinski definition) is 2. The molecular weight excluding hydrogens is 204 g/mol. The quantitative estimate of drug-likeness (QED) is 0.748. The normalized spacial score (nSPS) is 26.9. The fraction of sp³-hybridized carbons (Fsp3) is 0.917. The Balaban J connectivity index is 1.81. The summed E-state index contributed by atoms with van der Waals surface area (Å²) in [4.78, 5) is 11.9. The van der Waals surface area contributed by atoms with Crippen LogP contribution in [0.4, 0.5) is 0 Å². The van der Waals surface area contributed by atoms with Crippen molar-refractivity contribution in [1.82, 2.24) is 5.32 Å². The maximum absolute atomic E-state index is 11.9. The van der Waals surface area contributed by atoms with Crippen LogP contribution < -0.4 is 11.1 Å². The summed E-state index contributed by atoms with van der Waals surface area (Å²) in [6, 6.07) is 0.220. The predicted molar refractivity (Wildman–Crippen MR) is 61.9 cm³/mol. The maximum atomic E-state index is 11.9. The molecule has 1 saturated heterocycles. The molecule has 16 heavy (non-hydrogen) atoms. The molecule has 0 aromatic carbocycles. The smallest absolute Gasteiger partial charge is 0.240 e. The molecule has 3 N–H and O–H groups in total. The number of ether oxygens (including phenoxy) is 1. The fourth-order valence-corrected chi connectivity index (χ4v) is 2.47. The maximum Gasteiger partial charge on any atom is 0.240 e. The van der Waals surface area contributed by atoms with E-state index in [1.165, 1.54) is 0 Å². The first-order valence-corrected chi connectivity index (χ1v) is 6.29. The molecule has 1 atom stereocenters. The number of carbonyl (C=O) groups is 1. The summed E-state index contributed by atoms with van der Waals surface area (Å²) in [6.45, 7) is 3.72. The van der Waals surface area contributed by atoms with Crippen molar-refractivity contribution in [3.63, 3.8) is 0 Å².